The van der Waals surface area contributed by atoms with Crippen LogP contribution in [0.4, 0.5) is 0 Å². The molecule has 6 heteroatoms. The van der Waals surface area contributed by atoms with Gasteiger partial charge in [-0.3, -0.25) is 4.68 Å². The minimum atomic E-state index is 0. The number of hydrogen-bond acceptors (Lipinski definition) is 2. The van der Waals surface area contributed by atoms with E-state index >= 15 is 0 Å². The summed E-state index contributed by atoms with van der Waals surface area (Å²) < 4.78 is 1.96. The Hall–Kier alpha value is -1.57. The van der Waals surface area contributed by atoms with E-state index in [1.54, 1.807) is 0 Å². The van der Waals surface area contributed by atoms with Crippen molar-refractivity contribution in [1.29, 1.82) is 0 Å². The van der Waals surface area contributed by atoms with E-state index in [1.807, 2.05) is 16.9 Å². The maximum absolute atomic E-state index is 4.64. The van der Waals surface area contributed by atoms with Crippen LogP contribution < -0.4 is 10.6 Å². The third kappa shape index (κ3) is 8.38. The molecule has 5 nitrogen and oxygen atoms in total. The van der Waals surface area contributed by atoms with Gasteiger partial charge in [-0.05, 0) is 18.9 Å². The molecule has 2 aromatic rings. The van der Waals surface area contributed by atoms with Gasteiger partial charge in [0.15, 0.2) is 5.96 Å². The van der Waals surface area contributed by atoms with Gasteiger partial charge in [-0.2, -0.15) is 5.10 Å². The van der Waals surface area contributed by atoms with Crippen molar-refractivity contribution in [1.82, 2.24) is 20.4 Å². The maximum Gasteiger partial charge on any atom is 0.191 e. The first-order chi connectivity index (χ1) is 11.8. The summed E-state index contributed by atoms with van der Waals surface area (Å²) in [5.41, 5.74) is 2.37. The lowest BCUT2D eigenvalue weighted by Gasteiger charge is -2.10. The number of aromatic nitrogens is 2. The third-order valence-corrected chi connectivity index (χ3v) is 3.71. The number of halogens is 1. The van der Waals surface area contributed by atoms with Crippen molar-refractivity contribution in [2.24, 2.45) is 4.99 Å². The van der Waals surface area contributed by atoms with Crippen LogP contribution in [0.5, 0.6) is 0 Å². The Morgan fingerprint density at radius 2 is 1.88 bits per heavy atom. The van der Waals surface area contributed by atoms with Crippen molar-refractivity contribution in [3.8, 4) is 0 Å². The largest absolute Gasteiger partial charge is 0.357 e. The minimum Gasteiger partial charge on any atom is -0.357 e. The second-order valence-electron chi connectivity index (χ2n) is 5.86. The zero-order valence-electron chi connectivity index (χ0n) is 15.2. The Bertz CT molecular complexity index is 609. The first-order valence-electron chi connectivity index (χ1n) is 8.89. The molecule has 1 aromatic carbocycles. The summed E-state index contributed by atoms with van der Waals surface area (Å²) in [5.74, 6) is 0.879. The average molecular weight is 455 g/mol. The van der Waals surface area contributed by atoms with Gasteiger partial charge in [-0.25, -0.2) is 4.99 Å². The maximum atomic E-state index is 4.64. The Balaban J connectivity index is 0.00000312. The van der Waals surface area contributed by atoms with Crippen molar-refractivity contribution in [2.75, 3.05) is 13.1 Å². The van der Waals surface area contributed by atoms with Crippen LogP contribution in [0.2, 0.25) is 0 Å². The lowest BCUT2D eigenvalue weighted by molar-refractivity contribution is 0.682. The van der Waals surface area contributed by atoms with Gasteiger partial charge in [0.05, 0.1) is 19.3 Å². The van der Waals surface area contributed by atoms with E-state index in [2.05, 4.69) is 65.0 Å². The van der Waals surface area contributed by atoms with E-state index in [-0.39, 0.29) is 24.0 Å². The fourth-order valence-electron chi connectivity index (χ4n) is 2.44. The molecule has 0 spiro atoms. The van der Waals surface area contributed by atoms with Crippen LogP contribution in [0.3, 0.4) is 0 Å². The molecule has 0 saturated carbocycles. The molecule has 0 atom stereocenters. The lowest BCUT2D eigenvalue weighted by atomic mass is 10.2. The van der Waals surface area contributed by atoms with Gasteiger partial charge < -0.3 is 10.6 Å². The van der Waals surface area contributed by atoms with Gasteiger partial charge >= 0.3 is 0 Å². The highest BCUT2D eigenvalue weighted by Crippen LogP contribution is 2.05. The average Bonchev–Trinajstić information content (AvgIpc) is 3.05. The Morgan fingerprint density at radius 1 is 1.08 bits per heavy atom. The molecule has 138 valence electrons. The topological polar surface area (TPSA) is 54.2 Å². The quantitative estimate of drug-likeness (QED) is 0.262. The van der Waals surface area contributed by atoms with Crippen LogP contribution in [-0.4, -0.2) is 28.8 Å². The fourth-order valence-corrected chi connectivity index (χ4v) is 2.44. The van der Waals surface area contributed by atoms with Crippen molar-refractivity contribution >= 4 is 29.9 Å². The number of hydrogen-bond donors (Lipinski definition) is 2. The smallest absolute Gasteiger partial charge is 0.191 e. The molecule has 0 aliphatic rings. The minimum absolute atomic E-state index is 0. The molecule has 0 unspecified atom stereocenters. The lowest BCUT2D eigenvalue weighted by Crippen LogP contribution is -2.37. The van der Waals surface area contributed by atoms with Crippen molar-refractivity contribution in [3.63, 3.8) is 0 Å². The molecule has 0 fully saturated rings. The summed E-state index contributed by atoms with van der Waals surface area (Å²) in [6, 6.07) is 10.4. The number of guanidine groups is 1. The molecule has 0 radical (unpaired) electrons. The highest BCUT2D eigenvalue weighted by molar-refractivity contribution is 14.0. The Labute approximate surface area is 168 Å². The van der Waals surface area contributed by atoms with Gasteiger partial charge in [0.2, 0.25) is 0 Å². The summed E-state index contributed by atoms with van der Waals surface area (Å²) >= 11 is 0. The van der Waals surface area contributed by atoms with Gasteiger partial charge in [0, 0.05) is 24.8 Å². The van der Waals surface area contributed by atoms with Crippen LogP contribution >= 0.6 is 24.0 Å². The summed E-state index contributed by atoms with van der Waals surface area (Å²) in [6.45, 7) is 7.56. The summed E-state index contributed by atoms with van der Waals surface area (Å²) in [4.78, 5) is 4.64. The molecule has 0 amide bonds. The number of rotatable bonds is 9. The van der Waals surface area contributed by atoms with E-state index < -0.39 is 0 Å². The Kier molecular flexibility index (Phi) is 10.9. The van der Waals surface area contributed by atoms with E-state index in [9.17, 15) is 0 Å². The molecule has 0 bridgehead atoms. The molecular formula is C19H30IN5. The van der Waals surface area contributed by atoms with E-state index in [4.69, 9.17) is 0 Å². The highest BCUT2D eigenvalue weighted by Gasteiger charge is 2.01. The van der Waals surface area contributed by atoms with Crippen molar-refractivity contribution in [2.45, 2.75) is 46.2 Å². The molecular weight excluding hydrogens is 425 g/mol. The van der Waals surface area contributed by atoms with Gasteiger partial charge in [0.25, 0.3) is 0 Å². The van der Waals surface area contributed by atoms with E-state index in [0.29, 0.717) is 6.54 Å². The molecule has 2 N–H and O–H groups in total. The zero-order chi connectivity index (χ0) is 17.0. The normalized spacial score (nSPS) is 11.0. The summed E-state index contributed by atoms with van der Waals surface area (Å²) in [6.07, 6.45) is 7.62. The van der Waals surface area contributed by atoms with E-state index in [1.165, 1.54) is 24.8 Å². The van der Waals surface area contributed by atoms with Gasteiger partial charge in [0.1, 0.15) is 0 Å². The first kappa shape index (κ1) is 21.5. The van der Waals surface area contributed by atoms with Crippen LogP contribution in [0.25, 0.3) is 0 Å². The monoisotopic (exact) mass is 455 g/mol. The highest BCUT2D eigenvalue weighted by atomic mass is 127. The van der Waals surface area contributed by atoms with E-state index in [0.717, 1.165) is 31.2 Å². The fraction of sp³-hybridized carbons (Fsp3) is 0.474. The number of aliphatic imine (C=N–C) groups is 1. The molecule has 1 aromatic heterocycles. The third-order valence-electron chi connectivity index (χ3n) is 3.71. The summed E-state index contributed by atoms with van der Waals surface area (Å²) in [5, 5.41) is 11.1. The SMILES string of the molecule is CCCCCNC(=NCc1cnn(Cc2ccccc2)c1)NCC.I. The second kappa shape index (κ2) is 12.7. The van der Waals surface area contributed by atoms with Gasteiger partial charge in [-0.15, -0.1) is 24.0 Å². The number of nitrogens with zero attached hydrogens (tertiary/aromatic N) is 3. The molecule has 0 aliphatic carbocycles. The van der Waals surface area contributed by atoms with Crippen LogP contribution in [0, 0.1) is 0 Å². The number of benzene rings is 1. The van der Waals surface area contributed by atoms with Crippen LogP contribution in [-0.2, 0) is 13.1 Å². The van der Waals surface area contributed by atoms with Crippen LogP contribution in [0.15, 0.2) is 47.7 Å². The second-order valence-corrected chi connectivity index (χ2v) is 5.86. The predicted octanol–water partition coefficient (Wildman–Crippen LogP) is 3.79. The Morgan fingerprint density at radius 3 is 2.60 bits per heavy atom. The molecule has 0 aliphatic heterocycles. The molecule has 1 heterocycles. The van der Waals surface area contributed by atoms with Crippen molar-refractivity contribution in [3.05, 3.63) is 53.9 Å². The molecule has 0 saturated heterocycles. The molecule has 2 rings (SSSR count). The number of nitrogens with one attached hydrogen (secondary N) is 2. The predicted molar refractivity (Wildman–Crippen MR) is 116 cm³/mol. The number of unbranched alkanes of at least 4 members (excludes halogenated alkanes) is 2. The zero-order valence-corrected chi connectivity index (χ0v) is 17.6. The summed E-state index contributed by atoms with van der Waals surface area (Å²) in [7, 11) is 0. The molecule has 25 heavy (non-hydrogen) atoms. The van der Waals surface area contributed by atoms with Crippen LogP contribution in [0.1, 0.15) is 44.2 Å². The standard InChI is InChI=1S/C19H29N5.HI/c1-3-5-9-12-21-19(20-4-2)22-13-18-14-23-24(16-18)15-17-10-7-6-8-11-17;/h6-8,10-11,14,16H,3-5,9,12-13,15H2,1-2H3,(H2,20,21,22);1H. The van der Waals surface area contributed by atoms with Crippen molar-refractivity contribution < 1.29 is 0 Å². The van der Waals surface area contributed by atoms with Gasteiger partial charge in [-0.1, -0.05) is 50.1 Å². The first-order valence-corrected chi connectivity index (χ1v) is 8.89.